The van der Waals surface area contributed by atoms with E-state index in [0.29, 0.717) is 17.7 Å². The largest absolute Gasteiger partial charge is 0.366 e. The molecule has 0 radical (unpaired) electrons. The van der Waals surface area contributed by atoms with E-state index in [4.69, 9.17) is 5.73 Å². The van der Waals surface area contributed by atoms with Crippen LogP contribution in [0.4, 0.5) is 14.5 Å². The first-order valence-corrected chi connectivity index (χ1v) is 12.8. The molecule has 182 valence electrons. The number of rotatable bonds is 6. The third-order valence-corrected chi connectivity index (χ3v) is 8.24. The highest BCUT2D eigenvalue weighted by Crippen LogP contribution is 2.40. The summed E-state index contributed by atoms with van der Waals surface area (Å²) in [5.74, 6) is -2.41. The predicted octanol–water partition coefficient (Wildman–Crippen LogP) is 5.07. The van der Waals surface area contributed by atoms with Crippen LogP contribution >= 0.6 is 0 Å². The van der Waals surface area contributed by atoms with Crippen molar-refractivity contribution in [2.24, 2.45) is 5.73 Å². The molecule has 0 saturated heterocycles. The Balaban J connectivity index is 1.77. The van der Waals surface area contributed by atoms with Crippen molar-refractivity contribution in [3.63, 3.8) is 0 Å². The van der Waals surface area contributed by atoms with Gasteiger partial charge in [-0.05, 0) is 65.4 Å². The number of fused-ring (bicyclic) bond motifs is 1. The molecule has 5 rings (SSSR count). The second-order valence-corrected chi connectivity index (χ2v) is 10.4. The number of hydrogen-bond donors (Lipinski definition) is 1. The Bertz CT molecular complexity index is 1590. The van der Waals surface area contributed by atoms with Crippen molar-refractivity contribution in [2.75, 3.05) is 10.8 Å². The molecule has 0 bridgehead atoms. The molecule has 4 aromatic rings. The van der Waals surface area contributed by atoms with Crippen molar-refractivity contribution in [2.45, 2.75) is 17.7 Å². The molecule has 1 amide bonds. The number of sulfonamides is 1. The molecule has 0 aliphatic carbocycles. The highest BCUT2D eigenvalue weighted by molar-refractivity contribution is 7.93. The van der Waals surface area contributed by atoms with Crippen LogP contribution in [0.15, 0.2) is 89.8 Å². The number of anilines is 1. The molecule has 0 saturated carbocycles. The Kier molecular flexibility index (Phi) is 6.05. The van der Waals surface area contributed by atoms with Gasteiger partial charge in [0.15, 0.2) is 0 Å². The molecule has 0 atom stereocenters. The fraction of sp³-hybridized carbons (Fsp3) is 0.107. The summed E-state index contributed by atoms with van der Waals surface area (Å²) in [6.45, 7) is 0.135. The van der Waals surface area contributed by atoms with Gasteiger partial charge in [0.05, 0.1) is 11.3 Å². The van der Waals surface area contributed by atoms with Crippen molar-refractivity contribution in [1.82, 2.24) is 0 Å². The number of nitrogens with two attached hydrogens (primary N) is 1. The summed E-state index contributed by atoms with van der Waals surface area (Å²) in [7, 11) is -4.43. The molecule has 5 nitrogen and oxygen atoms in total. The fourth-order valence-corrected chi connectivity index (χ4v) is 6.61. The monoisotopic (exact) mass is 504 g/mol. The van der Waals surface area contributed by atoms with E-state index in [1.165, 1.54) is 16.4 Å². The topological polar surface area (TPSA) is 80.5 Å². The number of halogens is 2. The summed E-state index contributed by atoms with van der Waals surface area (Å²) in [5.41, 5.74) is 7.62. The lowest BCUT2D eigenvalue weighted by Gasteiger charge is -2.24. The van der Waals surface area contributed by atoms with Crippen LogP contribution in [0.25, 0.3) is 11.1 Å². The van der Waals surface area contributed by atoms with Gasteiger partial charge in [0.1, 0.15) is 16.5 Å². The second-order valence-electron chi connectivity index (χ2n) is 8.58. The predicted molar refractivity (Wildman–Crippen MR) is 134 cm³/mol. The zero-order valence-corrected chi connectivity index (χ0v) is 19.9. The first-order chi connectivity index (χ1) is 17.3. The van der Waals surface area contributed by atoms with Crippen LogP contribution in [0.1, 0.15) is 27.0 Å². The van der Waals surface area contributed by atoms with E-state index < -0.39 is 32.5 Å². The molecule has 8 heteroatoms. The van der Waals surface area contributed by atoms with Gasteiger partial charge in [-0.3, -0.25) is 9.10 Å². The summed E-state index contributed by atoms with van der Waals surface area (Å²) in [4.78, 5) is 11.9. The highest BCUT2D eigenvalue weighted by atomic mass is 32.2. The van der Waals surface area contributed by atoms with Gasteiger partial charge in [0.25, 0.3) is 10.0 Å². The van der Waals surface area contributed by atoms with E-state index in [9.17, 15) is 17.6 Å². The lowest BCUT2D eigenvalue weighted by Crippen LogP contribution is -2.32. The van der Waals surface area contributed by atoms with E-state index in [1.807, 2.05) is 42.5 Å². The molecule has 36 heavy (non-hydrogen) atoms. The summed E-state index contributed by atoms with van der Waals surface area (Å²) >= 11 is 0. The van der Waals surface area contributed by atoms with Crippen molar-refractivity contribution >= 4 is 21.6 Å². The van der Waals surface area contributed by atoms with Crippen LogP contribution in [0.5, 0.6) is 0 Å². The quantitative estimate of drug-likeness (QED) is 0.398. The van der Waals surface area contributed by atoms with Crippen molar-refractivity contribution in [1.29, 1.82) is 0 Å². The van der Waals surface area contributed by atoms with Crippen molar-refractivity contribution < 1.29 is 22.0 Å². The van der Waals surface area contributed by atoms with Crippen LogP contribution in [-0.2, 0) is 22.9 Å². The Morgan fingerprint density at radius 3 is 2.39 bits per heavy atom. The molecule has 0 spiro atoms. The van der Waals surface area contributed by atoms with Gasteiger partial charge in [-0.2, -0.15) is 0 Å². The standard InChI is InChI=1S/C28H22F2N2O3S/c29-21-10-11-22(20(17-21)16-18-6-2-1-3-7-18)26-24(30)13-12-23(28(31)33)27(26)36(34,35)32-15-14-19-8-4-5-9-25(19)32/h1-13,17H,14-16H2,(H2,31,33). The normalized spacial score (nSPS) is 13.0. The van der Waals surface area contributed by atoms with Gasteiger partial charge >= 0.3 is 0 Å². The van der Waals surface area contributed by atoms with Gasteiger partial charge in [-0.25, -0.2) is 17.2 Å². The van der Waals surface area contributed by atoms with Gasteiger partial charge in [-0.15, -0.1) is 0 Å². The lowest BCUT2D eigenvalue weighted by atomic mass is 9.93. The van der Waals surface area contributed by atoms with Gasteiger partial charge in [0.2, 0.25) is 5.91 Å². The minimum Gasteiger partial charge on any atom is -0.366 e. The third kappa shape index (κ3) is 4.13. The summed E-state index contributed by atoms with van der Waals surface area (Å²) < 4.78 is 59.2. The van der Waals surface area contributed by atoms with E-state index in [2.05, 4.69) is 0 Å². The average Bonchev–Trinajstić information content (AvgIpc) is 3.30. The van der Waals surface area contributed by atoms with Crippen LogP contribution in [0.2, 0.25) is 0 Å². The first-order valence-electron chi connectivity index (χ1n) is 11.3. The summed E-state index contributed by atoms with van der Waals surface area (Å²) in [6.07, 6.45) is 0.696. The maximum atomic E-state index is 15.6. The van der Waals surface area contributed by atoms with E-state index in [0.717, 1.165) is 29.3 Å². The Morgan fingerprint density at radius 1 is 0.917 bits per heavy atom. The maximum Gasteiger partial charge on any atom is 0.265 e. The number of amides is 1. The first kappa shape index (κ1) is 23.7. The zero-order valence-electron chi connectivity index (χ0n) is 19.1. The molecular formula is C28H22F2N2O3S. The Labute approximate surface area is 207 Å². The molecule has 4 aromatic carbocycles. The lowest BCUT2D eigenvalue weighted by molar-refractivity contribution is 0.0997. The zero-order chi connectivity index (χ0) is 25.4. The number of nitrogens with zero attached hydrogens (tertiary/aromatic N) is 1. The number of carbonyl (C=O) groups excluding carboxylic acids is 1. The Morgan fingerprint density at radius 2 is 1.64 bits per heavy atom. The molecule has 0 unspecified atom stereocenters. The van der Waals surface area contributed by atoms with Crippen molar-refractivity contribution in [3.8, 4) is 11.1 Å². The number of carbonyl (C=O) groups is 1. The van der Waals surface area contributed by atoms with E-state index >= 15 is 4.39 Å². The van der Waals surface area contributed by atoms with Gasteiger partial charge in [-0.1, -0.05) is 54.6 Å². The van der Waals surface area contributed by atoms with Crippen LogP contribution in [-0.4, -0.2) is 20.9 Å². The SMILES string of the molecule is NC(=O)c1ccc(F)c(-c2ccc(F)cc2Cc2ccccc2)c1S(=O)(=O)N1CCc2ccccc21. The number of benzene rings is 4. The number of primary amides is 1. The maximum absolute atomic E-state index is 15.6. The van der Waals surface area contributed by atoms with Gasteiger partial charge in [0, 0.05) is 12.1 Å². The number of hydrogen-bond acceptors (Lipinski definition) is 3. The van der Waals surface area contributed by atoms with E-state index in [-0.39, 0.29) is 29.7 Å². The smallest absolute Gasteiger partial charge is 0.265 e. The minimum atomic E-state index is -4.43. The second kappa shape index (κ2) is 9.20. The van der Waals surface area contributed by atoms with Crippen LogP contribution in [0, 0.1) is 11.6 Å². The molecule has 1 aliphatic rings. The van der Waals surface area contributed by atoms with Gasteiger partial charge < -0.3 is 5.73 Å². The average molecular weight is 505 g/mol. The fourth-order valence-electron chi connectivity index (χ4n) is 4.71. The minimum absolute atomic E-state index is 0.135. The summed E-state index contributed by atoms with van der Waals surface area (Å²) in [5, 5.41) is 0. The third-order valence-electron chi connectivity index (χ3n) is 6.34. The molecule has 0 aromatic heterocycles. The van der Waals surface area contributed by atoms with Crippen molar-refractivity contribution in [3.05, 3.63) is 119 Å². The molecule has 0 fully saturated rings. The number of para-hydroxylation sites is 1. The highest BCUT2D eigenvalue weighted by Gasteiger charge is 2.37. The summed E-state index contributed by atoms with van der Waals surface area (Å²) in [6, 6.07) is 22.0. The molecule has 2 N–H and O–H groups in total. The van der Waals surface area contributed by atoms with Crippen LogP contribution in [0.3, 0.4) is 0 Å². The van der Waals surface area contributed by atoms with E-state index in [1.54, 1.807) is 12.1 Å². The molecular weight excluding hydrogens is 482 g/mol. The molecule has 1 aliphatic heterocycles. The molecule has 1 heterocycles. The van der Waals surface area contributed by atoms with Crippen LogP contribution < -0.4 is 10.0 Å². The Hall–Kier alpha value is -4.04.